The van der Waals surface area contributed by atoms with Crippen LogP contribution in [0.1, 0.15) is 30.0 Å². The van der Waals surface area contributed by atoms with Crippen LogP contribution in [0, 0.1) is 0 Å². The van der Waals surface area contributed by atoms with Gasteiger partial charge in [0.1, 0.15) is 11.5 Å². The molecule has 3 nitrogen and oxygen atoms in total. The fourth-order valence-corrected chi connectivity index (χ4v) is 3.99. The Balaban J connectivity index is 1.56. The molecule has 0 amide bonds. The van der Waals surface area contributed by atoms with Gasteiger partial charge in [0.15, 0.2) is 0 Å². The summed E-state index contributed by atoms with van der Waals surface area (Å²) < 4.78 is 45.6. The summed E-state index contributed by atoms with van der Waals surface area (Å²) in [4.78, 5) is 2.10. The molecule has 156 valence electrons. The van der Waals surface area contributed by atoms with Crippen molar-refractivity contribution in [1.82, 2.24) is 0 Å². The first-order chi connectivity index (χ1) is 14.3. The average molecular weight is 433 g/mol. The van der Waals surface area contributed by atoms with E-state index in [2.05, 4.69) is 4.90 Å². The molecule has 30 heavy (non-hydrogen) atoms. The molecule has 1 aliphatic heterocycles. The lowest BCUT2D eigenvalue weighted by Gasteiger charge is -2.29. The van der Waals surface area contributed by atoms with E-state index in [4.69, 9.17) is 22.1 Å². The lowest BCUT2D eigenvalue weighted by molar-refractivity contribution is -0.136. The number of ether oxygens (including phenoxy) is 1. The van der Waals surface area contributed by atoms with Crippen molar-refractivity contribution in [3.05, 3.63) is 82.9 Å². The highest BCUT2D eigenvalue weighted by Crippen LogP contribution is 2.43. The molecule has 7 heteroatoms. The molecule has 0 aromatic heterocycles. The zero-order valence-electron chi connectivity index (χ0n) is 16.0. The second-order valence-corrected chi connectivity index (χ2v) is 7.64. The number of anilines is 2. The lowest BCUT2D eigenvalue weighted by Crippen LogP contribution is -2.24. The van der Waals surface area contributed by atoms with E-state index in [0.29, 0.717) is 22.1 Å². The van der Waals surface area contributed by atoms with E-state index in [1.807, 2.05) is 24.3 Å². The van der Waals surface area contributed by atoms with Crippen molar-refractivity contribution < 1.29 is 17.9 Å². The topological polar surface area (TPSA) is 38.5 Å². The zero-order valence-corrected chi connectivity index (χ0v) is 16.8. The van der Waals surface area contributed by atoms with Gasteiger partial charge in [-0.2, -0.15) is 13.2 Å². The van der Waals surface area contributed by atoms with Crippen LogP contribution in [0.15, 0.2) is 66.7 Å². The van der Waals surface area contributed by atoms with Crippen LogP contribution in [-0.4, -0.2) is 6.54 Å². The molecule has 1 atom stereocenters. The second-order valence-electron chi connectivity index (χ2n) is 7.21. The Labute approximate surface area is 177 Å². The van der Waals surface area contributed by atoms with Gasteiger partial charge in [-0.05, 0) is 73.0 Å². The molecule has 3 aromatic carbocycles. The largest absolute Gasteiger partial charge is 0.457 e. The van der Waals surface area contributed by atoms with Gasteiger partial charge in [0.05, 0.1) is 11.6 Å². The number of benzene rings is 3. The molecule has 1 saturated heterocycles. The highest BCUT2D eigenvalue weighted by Gasteiger charge is 2.36. The number of nitrogens with zero attached hydrogens (tertiary/aromatic N) is 1. The van der Waals surface area contributed by atoms with Crippen molar-refractivity contribution in [3.8, 4) is 11.5 Å². The number of nitrogen functional groups attached to an aromatic ring is 1. The first-order valence-electron chi connectivity index (χ1n) is 9.58. The minimum atomic E-state index is -4.47. The third-order valence-corrected chi connectivity index (χ3v) is 5.53. The number of halogens is 4. The van der Waals surface area contributed by atoms with Crippen LogP contribution in [0.3, 0.4) is 0 Å². The number of nitrogens with two attached hydrogens (primary N) is 1. The van der Waals surface area contributed by atoms with Crippen LogP contribution in [0.4, 0.5) is 24.5 Å². The molecule has 1 unspecified atom stereocenters. The van der Waals surface area contributed by atoms with Crippen LogP contribution in [0.25, 0.3) is 0 Å². The molecule has 0 spiro atoms. The van der Waals surface area contributed by atoms with Gasteiger partial charge in [0.2, 0.25) is 0 Å². The molecular weight excluding hydrogens is 413 g/mol. The van der Waals surface area contributed by atoms with Gasteiger partial charge in [0.25, 0.3) is 0 Å². The minimum absolute atomic E-state index is 0.190. The fraction of sp³-hybridized carbons (Fsp3) is 0.217. The van der Waals surface area contributed by atoms with Gasteiger partial charge in [-0.3, -0.25) is 0 Å². The van der Waals surface area contributed by atoms with Gasteiger partial charge in [-0.25, -0.2) is 0 Å². The predicted octanol–water partition coefficient (Wildman–Crippen LogP) is 7.07. The van der Waals surface area contributed by atoms with Gasteiger partial charge in [-0.15, -0.1) is 0 Å². The monoisotopic (exact) mass is 432 g/mol. The van der Waals surface area contributed by atoms with E-state index in [1.54, 1.807) is 30.3 Å². The summed E-state index contributed by atoms with van der Waals surface area (Å²) in [7, 11) is 0. The van der Waals surface area contributed by atoms with E-state index < -0.39 is 11.7 Å². The summed E-state index contributed by atoms with van der Waals surface area (Å²) in [5.74, 6) is 1.33. The number of rotatable bonds is 4. The molecular formula is C23H20ClF3N2O. The maximum absolute atomic E-state index is 13.3. The smallest absolute Gasteiger partial charge is 0.418 e. The average Bonchev–Trinajstić information content (AvgIpc) is 3.19. The number of para-hydroxylation sites is 1. The zero-order chi connectivity index (χ0) is 21.3. The predicted molar refractivity (Wildman–Crippen MR) is 113 cm³/mol. The maximum atomic E-state index is 13.3. The molecule has 3 aromatic rings. The Bertz CT molecular complexity index is 1020. The lowest BCUT2D eigenvalue weighted by atomic mass is 9.98. The molecule has 0 radical (unpaired) electrons. The van der Waals surface area contributed by atoms with Crippen molar-refractivity contribution in [2.45, 2.75) is 25.1 Å². The Kier molecular flexibility index (Phi) is 5.52. The van der Waals surface area contributed by atoms with Crippen molar-refractivity contribution in [2.24, 2.45) is 0 Å². The van der Waals surface area contributed by atoms with E-state index in [0.717, 1.165) is 31.1 Å². The normalized spacial score (nSPS) is 16.7. The van der Waals surface area contributed by atoms with E-state index in [9.17, 15) is 13.2 Å². The standard InChI is InChI=1S/C23H20ClF3N2O/c24-15-6-10-17(11-7-15)30-18-12-8-16(9-13-18)29-14-2-5-21(29)19-3-1-4-20(22(19)28)23(25,26)27/h1,3-4,6-13,21H,2,5,14,28H2. The quantitative estimate of drug-likeness (QED) is 0.448. The van der Waals surface area contributed by atoms with Crippen molar-refractivity contribution in [2.75, 3.05) is 17.2 Å². The Morgan fingerprint density at radius 1 is 0.933 bits per heavy atom. The molecule has 1 heterocycles. The second kappa shape index (κ2) is 8.11. The first kappa shape index (κ1) is 20.4. The number of hydrogen-bond donors (Lipinski definition) is 1. The van der Waals surface area contributed by atoms with Crippen LogP contribution in [0.5, 0.6) is 11.5 Å². The molecule has 0 bridgehead atoms. The first-order valence-corrected chi connectivity index (χ1v) is 9.96. The highest BCUT2D eigenvalue weighted by atomic mass is 35.5. The van der Waals surface area contributed by atoms with Crippen LogP contribution >= 0.6 is 11.6 Å². The highest BCUT2D eigenvalue weighted by molar-refractivity contribution is 6.30. The van der Waals surface area contributed by atoms with Gasteiger partial charge >= 0.3 is 6.18 Å². The van der Waals surface area contributed by atoms with E-state index in [-0.39, 0.29) is 11.7 Å². The van der Waals surface area contributed by atoms with Crippen molar-refractivity contribution in [3.63, 3.8) is 0 Å². The third kappa shape index (κ3) is 4.19. The number of hydrogen-bond acceptors (Lipinski definition) is 3. The Morgan fingerprint density at radius 2 is 1.57 bits per heavy atom. The van der Waals surface area contributed by atoms with Crippen LogP contribution < -0.4 is 15.4 Å². The van der Waals surface area contributed by atoms with E-state index >= 15 is 0 Å². The molecule has 4 rings (SSSR count). The fourth-order valence-electron chi connectivity index (χ4n) is 3.86. The summed E-state index contributed by atoms with van der Waals surface area (Å²) in [6.07, 6.45) is -2.85. The van der Waals surface area contributed by atoms with Crippen molar-refractivity contribution >= 4 is 23.0 Å². The molecule has 1 aliphatic rings. The summed E-state index contributed by atoms with van der Waals surface area (Å²) in [5.41, 5.74) is 6.40. The molecule has 1 fully saturated rings. The summed E-state index contributed by atoms with van der Waals surface area (Å²) in [6.45, 7) is 0.748. The number of alkyl halides is 3. The molecule has 2 N–H and O–H groups in total. The summed E-state index contributed by atoms with van der Waals surface area (Å²) in [5, 5.41) is 0.631. The molecule has 0 aliphatic carbocycles. The van der Waals surface area contributed by atoms with Gasteiger partial charge in [-0.1, -0.05) is 23.7 Å². The van der Waals surface area contributed by atoms with E-state index in [1.165, 1.54) is 6.07 Å². The maximum Gasteiger partial charge on any atom is 0.418 e. The summed E-state index contributed by atoms with van der Waals surface area (Å²) >= 11 is 5.89. The Morgan fingerprint density at radius 3 is 2.20 bits per heavy atom. The van der Waals surface area contributed by atoms with Gasteiger partial charge < -0.3 is 15.4 Å². The van der Waals surface area contributed by atoms with Gasteiger partial charge in [0, 0.05) is 22.9 Å². The van der Waals surface area contributed by atoms with Crippen LogP contribution in [0.2, 0.25) is 5.02 Å². The minimum Gasteiger partial charge on any atom is -0.457 e. The SMILES string of the molecule is Nc1c(C2CCCN2c2ccc(Oc3ccc(Cl)cc3)cc2)cccc1C(F)(F)F. The Hall–Kier alpha value is -2.86. The summed E-state index contributed by atoms with van der Waals surface area (Å²) in [6, 6.07) is 18.5. The van der Waals surface area contributed by atoms with Crippen molar-refractivity contribution in [1.29, 1.82) is 0 Å². The third-order valence-electron chi connectivity index (χ3n) is 5.27. The van der Waals surface area contributed by atoms with Crippen LogP contribution in [-0.2, 0) is 6.18 Å². The molecule has 0 saturated carbocycles.